The Balaban J connectivity index is 2.91. The third-order valence-electron chi connectivity index (χ3n) is 1.42. The number of hydrogen-bond donors (Lipinski definition) is 2. The highest BCUT2D eigenvalue weighted by Crippen LogP contribution is 2.19. The standard InChI is InChI=1S/C8H6ClIN2O2/c9-5-3-4(1-2-6(5)10)7(13)12-8(11)14/h1-3H,(H3,11,12,13,14). The molecule has 0 fully saturated rings. The quantitative estimate of drug-likeness (QED) is 0.773. The fourth-order valence-corrected chi connectivity index (χ4v) is 1.34. The molecule has 0 atom stereocenters. The Hall–Kier alpha value is -0.820. The van der Waals surface area contributed by atoms with Crippen molar-refractivity contribution in [1.29, 1.82) is 0 Å². The van der Waals surface area contributed by atoms with Crippen molar-refractivity contribution in [3.8, 4) is 0 Å². The minimum atomic E-state index is -0.885. The lowest BCUT2D eigenvalue weighted by atomic mass is 10.2. The molecule has 0 unspecified atom stereocenters. The topological polar surface area (TPSA) is 72.2 Å². The number of carbonyl (C=O) groups excluding carboxylic acids is 2. The van der Waals surface area contributed by atoms with Gasteiger partial charge < -0.3 is 5.73 Å². The molecule has 1 aromatic rings. The number of rotatable bonds is 1. The maximum absolute atomic E-state index is 11.2. The molecule has 4 nitrogen and oxygen atoms in total. The highest BCUT2D eigenvalue weighted by molar-refractivity contribution is 14.1. The first-order chi connectivity index (χ1) is 6.50. The lowest BCUT2D eigenvalue weighted by molar-refractivity contribution is 0.0966. The second-order valence-electron chi connectivity index (χ2n) is 2.45. The van der Waals surface area contributed by atoms with Crippen molar-refractivity contribution in [2.75, 3.05) is 0 Å². The van der Waals surface area contributed by atoms with Crippen LogP contribution in [0.4, 0.5) is 4.79 Å². The van der Waals surface area contributed by atoms with Gasteiger partial charge in [0.25, 0.3) is 5.91 Å². The van der Waals surface area contributed by atoms with Crippen molar-refractivity contribution in [1.82, 2.24) is 5.32 Å². The van der Waals surface area contributed by atoms with Crippen LogP contribution < -0.4 is 11.1 Å². The van der Waals surface area contributed by atoms with E-state index in [2.05, 4.69) is 0 Å². The molecular weight excluding hydrogens is 318 g/mol. The third-order valence-corrected chi connectivity index (χ3v) is 2.99. The third kappa shape index (κ3) is 2.85. The Morgan fingerprint density at radius 1 is 1.43 bits per heavy atom. The zero-order valence-corrected chi connectivity index (χ0v) is 9.80. The van der Waals surface area contributed by atoms with Gasteiger partial charge in [-0.25, -0.2) is 4.79 Å². The predicted octanol–water partition coefficient (Wildman–Crippen LogP) is 1.75. The molecule has 0 aliphatic heterocycles. The van der Waals surface area contributed by atoms with Crippen molar-refractivity contribution in [2.45, 2.75) is 0 Å². The van der Waals surface area contributed by atoms with E-state index < -0.39 is 11.9 Å². The van der Waals surface area contributed by atoms with E-state index in [0.717, 1.165) is 3.57 Å². The van der Waals surface area contributed by atoms with Crippen molar-refractivity contribution in [2.24, 2.45) is 5.73 Å². The fourth-order valence-electron chi connectivity index (χ4n) is 0.821. The van der Waals surface area contributed by atoms with Gasteiger partial charge in [-0.1, -0.05) is 11.6 Å². The Labute approximate surface area is 98.9 Å². The molecular formula is C8H6ClIN2O2. The molecule has 3 N–H and O–H groups in total. The van der Waals surface area contributed by atoms with Gasteiger partial charge in [0.1, 0.15) is 0 Å². The zero-order valence-electron chi connectivity index (χ0n) is 6.88. The Kier molecular flexibility index (Phi) is 3.70. The summed E-state index contributed by atoms with van der Waals surface area (Å²) in [6.45, 7) is 0. The molecule has 0 aliphatic rings. The molecule has 1 aromatic carbocycles. The van der Waals surface area contributed by atoms with Crippen LogP contribution in [-0.4, -0.2) is 11.9 Å². The summed E-state index contributed by atoms with van der Waals surface area (Å²) in [7, 11) is 0. The van der Waals surface area contributed by atoms with Gasteiger partial charge >= 0.3 is 6.03 Å². The number of urea groups is 1. The number of benzene rings is 1. The number of halogens is 2. The molecule has 14 heavy (non-hydrogen) atoms. The molecule has 0 heterocycles. The largest absolute Gasteiger partial charge is 0.351 e. The number of hydrogen-bond acceptors (Lipinski definition) is 2. The smallest absolute Gasteiger partial charge is 0.319 e. The van der Waals surface area contributed by atoms with Crippen LogP contribution in [0, 0.1) is 3.57 Å². The molecule has 0 aromatic heterocycles. The molecule has 6 heteroatoms. The predicted molar refractivity (Wildman–Crippen MR) is 61.2 cm³/mol. The van der Waals surface area contributed by atoms with Crippen LogP contribution in [0.2, 0.25) is 5.02 Å². The summed E-state index contributed by atoms with van der Waals surface area (Å²) >= 11 is 7.83. The number of amides is 3. The van der Waals surface area contributed by atoms with E-state index in [-0.39, 0.29) is 0 Å². The van der Waals surface area contributed by atoms with Gasteiger partial charge in [0, 0.05) is 9.13 Å². The monoisotopic (exact) mass is 324 g/mol. The molecule has 0 radical (unpaired) electrons. The van der Waals surface area contributed by atoms with Gasteiger partial charge in [-0.2, -0.15) is 0 Å². The van der Waals surface area contributed by atoms with E-state index in [1.807, 2.05) is 27.9 Å². The second-order valence-corrected chi connectivity index (χ2v) is 4.02. The van der Waals surface area contributed by atoms with Gasteiger partial charge in [0.05, 0.1) is 5.02 Å². The summed E-state index contributed by atoms with van der Waals surface area (Å²) in [4.78, 5) is 21.6. The maximum Gasteiger partial charge on any atom is 0.319 e. The number of imide groups is 1. The number of nitrogens with one attached hydrogen (secondary N) is 1. The molecule has 3 amide bonds. The first kappa shape index (κ1) is 11.3. The Morgan fingerprint density at radius 3 is 2.57 bits per heavy atom. The first-order valence-electron chi connectivity index (χ1n) is 3.56. The Morgan fingerprint density at radius 2 is 2.07 bits per heavy atom. The minimum Gasteiger partial charge on any atom is -0.351 e. The molecule has 0 saturated heterocycles. The van der Waals surface area contributed by atoms with Gasteiger partial charge in [-0.3, -0.25) is 10.1 Å². The van der Waals surface area contributed by atoms with E-state index >= 15 is 0 Å². The molecule has 1 rings (SSSR count). The van der Waals surface area contributed by atoms with E-state index in [0.29, 0.717) is 10.6 Å². The molecule has 74 valence electrons. The molecule has 0 aliphatic carbocycles. The summed E-state index contributed by atoms with van der Waals surface area (Å²) in [6.07, 6.45) is 0. The number of nitrogens with two attached hydrogens (primary N) is 1. The van der Waals surface area contributed by atoms with Crippen LogP contribution in [0.5, 0.6) is 0 Å². The van der Waals surface area contributed by atoms with Gasteiger partial charge in [0.15, 0.2) is 0 Å². The summed E-state index contributed by atoms with van der Waals surface area (Å²) < 4.78 is 0.833. The molecule has 0 spiro atoms. The van der Waals surface area contributed by atoms with Crippen molar-refractivity contribution >= 4 is 46.1 Å². The minimum absolute atomic E-state index is 0.300. The van der Waals surface area contributed by atoms with E-state index in [4.69, 9.17) is 17.3 Å². The average Bonchev–Trinajstić information content (AvgIpc) is 2.08. The SMILES string of the molecule is NC(=O)NC(=O)c1ccc(I)c(Cl)c1. The second kappa shape index (κ2) is 4.61. The van der Waals surface area contributed by atoms with Crippen LogP contribution in [0.1, 0.15) is 10.4 Å². The highest BCUT2D eigenvalue weighted by Gasteiger charge is 2.08. The van der Waals surface area contributed by atoms with Crippen LogP contribution in [0.3, 0.4) is 0 Å². The van der Waals surface area contributed by atoms with Crippen LogP contribution >= 0.6 is 34.2 Å². The lowest BCUT2D eigenvalue weighted by Crippen LogP contribution is -2.34. The van der Waals surface area contributed by atoms with Crippen LogP contribution in [0.25, 0.3) is 0 Å². The summed E-state index contributed by atoms with van der Waals surface area (Å²) in [6, 6.07) is 3.83. The highest BCUT2D eigenvalue weighted by atomic mass is 127. The van der Waals surface area contributed by atoms with Crippen molar-refractivity contribution in [3.63, 3.8) is 0 Å². The van der Waals surface area contributed by atoms with Crippen molar-refractivity contribution in [3.05, 3.63) is 32.4 Å². The summed E-state index contributed by atoms with van der Waals surface area (Å²) in [5, 5.41) is 2.41. The molecule has 0 saturated carbocycles. The average molecular weight is 325 g/mol. The van der Waals surface area contributed by atoms with Gasteiger partial charge in [-0.05, 0) is 40.8 Å². The van der Waals surface area contributed by atoms with E-state index in [1.54, 1.807) is 12.1 Å². The normalized spacial score (nSPS) is 9.57. The molecule has 0 bridgehead atoms. The first-order valence-corrected chi connectivity index (χ1v) is 5.02. The number of carbonyl (C=O) groups is 2. The lowest BCUT2D eigenvalue weighted by Gasteiger charge is -2.02. The van der Waals surface area contributed by atoms with Gasteiger partial charge in [-0.15, -0.1) is 0 Å². The maximum atomic E-state index is 11.2. The summed E-state index contributed by atoms with van der Waals surface area (Å²) in [5.74, 6) is -0.559. The van der Waals surface area contributed by atoms with E-state index in [1.165, 1.54) is 6.07 Å². The number of primary amides is 1. The summed E-state index contributed by atoms with van der Waals surface area (Å²) in [5.41, 5.74) is 5.09. The zero-order chi connectivity index (χ0) is 10.7. The van der Waals surface area contributed by atoms with Gasteiger partial charge in [0.2, 0.25) is 0 Å². The van der Waals surface area contributed by atoms with Crippen LogP contribution in [0.15, 0.2) is 18.2 Å². The van der Waals surface area contributed by atoms with Crippen molar-refractivity contribution < 1.29 is 9.59 Å². The Bertz CT molecular complexity index is 395. The van der Waals surface area contributed by atoms with E-state index in [9.17, 15) is 9.59 Å². The fraction of sp³-hybridized carbons (Fsp3) is 0. The van der Waals surface area contributed by atoms with Crippen LogP contribution in [-0.2, 0) is 0 Å².